The summed E-state index contributed by atoms with van der Waals surface area (Å²) >= 11 is 1.51. The van der Waals surface area contributed by atoms with Gasteiger partial charge in [-0.05, 0) is 60.4 Å². The van der Waals surface area contributed by atoms with Crippen molar-refractivity contribution in [3.05, 3.63) is 107 Å². The van der Waals surface area contributed by atoms with Gasteiger partial charge in [0.25, 0.3) is 5.91 Å². The molecule has 2 atom stereocenters. The van der Waals surface area contributed by atoms with Gasteiger partial charge in [-0.2, -0.15) is 0 Å². The fraction of sp³-hybridized carbons (Fsp3) is 0.250. The van der Waals surface area contributed by atoms with E-state index in [1.165, 1.54) is 29.3 Å². The Kier molecular flexibility index (Phi) is 6.71. The number of carbonyl (C=O) groups excluding carboxylic acids is 1. The van der Waals surface area contributed by atoms with Gasteiger partial charge in [-0.15, -0.1) is 0 Å². The highest BCUT2D eigenvalue weighted by Crippen LogP contribution is 2.40. The molecule has 1 saturated carbocycles. The summed E-state index contributed by atoms with van der Waals surface area (Å²) in [6, 6.07) is 29.1. The average Bonchev–Trinajstić information content (AvgIpc) is 3.42. The van der Waals surface area contributed by atoms with Crippen molar-refractivity contribution >= 4 is 45.5 Å². The van der Waals surface area contributed by atoms with Crippen molar-refractivity contribution in [2.75, 3.05) is 0 Å². The van der Waals surface area contributed by atoms with Crippen molar-refractivity contribution in [1.29, 1.82) is 0 Å². The molecule has 0 spiro atoms. The van der Waals surface area contributed by atoms with E-state index in [-0.39, 0.29) is 11.9 Å². The van der Waals surface area contributed by atoms with Crippen LogP contribution in [0.1, 0.15) is 43.7 Å². The van der Waals surface area contributed by atoms with Crippen LogP contribution in [0.4, 0.5) is 5.69 Å². The number of para-hydroxylation sites is 2. The lowest BCUT2D eigenvalue weighted by molar-refractivity contribution is -0.124. The lowest BCUT2D eigenvalue weighted by Gasteiger charge is -2.35. The highest BCUT2D eigenvalue weighted by molar-refractivity contribution is 8.18. The van der Waals surface area contributed by atoms with Crippen molar-refractivity contribution < 1.29 is 4.79 Å². The van der Waals surface area contributed by atoms with Crippen molar-refractivity contribution in [3.63, 3.8) is 0 Å². The minimum atomic E-state index is 0.0818. The Morgan fingerprint density at radius 2 is 1.62 bits per heavy atom. The molecule has 6 rings (SSSR count). The van der Waals surface area contributed by atoms with Crippen molar-refractivity contribution in [1.82, 2.24) is 9.47 Å². The van der Waals surface area contributed by atoms with Crippen LogP contribution in [-0.4, -0.2) is 26.6 Å². The zero-order chi connectivity index (χ0) is 25.2. The number of amides is 1. The average molecular weight is 506 g/mol. The molecule has 1 saturated heterocycles. The Labute approximate surface area is 222 Å². The number of fused-ring (bicyclic) bond motifs is 1. The number of aliphatic imine (C=N–C) groups is 1. The van der Waals surface area contributed by atoms with Gasteiger partial charge < -0.3 is 4.57 Å². The Morgan fingerprint density at radius 1 is 0.919 bits per heavy atom. The van der Waals surface area contributed by atoms with E-state index < -0.39 is 0 Å². The van der Waals surface area contributed by atoms with E-state index >= 15 is 0 Å². The van der Waals surface area contributed by atoms with Gasteiger partial charge >= 0.3 is 0 Å². The first-order chi connectivity index (χ1) is 18.2. The van der Waals surface area contributed by atoms with E-state index in [4.69, 9.17) is 4.99 Å². The number of thioether (sulfide) groups is 1. The van der Waals surface area contributed by atoms with Crippen LogP contribution in [0.25, 0.3) is 17.0 Å². The predicted octanol–water partition coefficient (Wildman–Crippen LogP) is 7.87. The molecule has 0 N–H and O–H groups in total. The number of benzene rings is 3. The topological polar surface area (TPSA) is 37.6 Å². The van der Waals surface area contributed by atoms with Gasteiger partial charge in [0.2, 0.25) is 0 Å². The van der Waals surface area contributed by atoms with Crippen LogP contribution in [-0.2, 0) is 11.3 Å². The predicted molar refractivity (Wildman–Crippen MR) is 155 cm³/mol. The van der Waals surface area contributed by atoms with Gasteiger partial charge in [0.15, 0.2) is 5.17 Å². The maximum absolute atomic E-state index is 13.9. The molecule has 0 bridgehead atoms. The zero-order valence-electron chi connectivity index (χ0n) is 21.1. The maximum atomic E-state index is 13.9. The molecule has 3 aromatic carbocycles. The molecule has 186 valence electrons. The molecule has 37 heavy (non-hydrogen) atoms. The summed E-state index contributed by atoms with van der Waals surface area (Å²) in [7, 11) is 0. The first-order valence-corrected chi connectivity index (χ1v) is 14.0. The molecular formula is C32H31N3OS. The molecule has 1 aliphatic heterocycles. The van der Waals surface area contributed by atoms with Gasteiger partial charge in [-0.1, -0.05) is 86.5 Å². The van der Waals surface area contributed by atoms with E-state index in [1.807, 2.05) is 41.3 Å². The molecule has 1 amide bonds. The Bertz CT molecular complexity index is 1470. The molecule has 2 heterocycles. The van der Waals surface area contributed by atoms with Crippen LogP contribution in [0.3, 0.4) is 0 Å². The van der Waals surface area contributed by atoms with Crippen LogP contribution in [0.2, 0.25) is 0 Å². The summed E-state index contributed by atoms with van der Waals surface area (Å²) in [4.78, 5) is 21.6. The zero-order valence-corrected chi connectivity index (χ0v) is 21.9. The van der Waals surface area contributed by atoms with E-state index in [9.17, 15) is 4.79 Å². The summed E-state index contributed by atoms with van der Waals surface area (Å²) in [5.41, 5.74) is 4.38. The molecule has 1 aromatic heterocycles. The van der Waals surface area contributed by atoms with Gasteiger partial charge in [-0.3, -0.25) is 9.69 Å². The molecule has 1 aliphatic carbocycles. The summed E-state index contributed by atoms with van der Waals surface area (Å²) in [5, 5.41) is 1.96. The fourth-order valence-corrected chi connectivity index (χ4v) is 6.63. The van der Waals surface area contributed by atoms with Crippen LogP contribution >= 0.6 is 11.8 Å². The quantitative estimate of drug-likeness (QED) is 0.259. The molecule has 0 radical (unpaired) electrons. The number of aromatic nitrogens is 1. The first kappa shape index (κ1) is 23.8. The third kappa shape index (κ3) is 4.88. The Balaban J connectivity index is 1.40. The molecule has 5 heteroatoms. The highest BCUT2D eigenvalue weighted by Gasteiger charge is 2.41. The summed E-state index contributed by atoms with van der Waals surface area (Å²) in [6.07, 6.45) is 8.84. The third-order valence-electron chi connectivity index (χ3n) is 7.52. The van der Waals surface area contributed by atoms with Crippen molar-refractivity contribution in [2.45, 2.75) is 45.2 Å². The molecule has 2 fully saturated rings. The van der Waals surface area contributed by atoms with E-state index in [1.54, 1.807) is 0 Å². The Morgan fingerprint density at radius 3 is 2.41 bits per heavy atom. The summed E-state index contributed by atoms with van der Waals surface area (Å²) in [5.74, 6) is 0.546. The Hall–Kier alpha value is -3.57. The number of nitrogens with zero attached hydrogens (tertiary/aromatic N) is 3. The van der Waals surface area contributed by atoms with Gasteiger partial charge in [0.05, 0.1) is 10.6 Å². The number of amidine groups is 1. The number of rotatable bonds is 5. The van der Waals surface area contributed by atoms with E-state index in [0.717, 1.165) is 52.5 Å². The SMILES string of the molecule is C[C@@H]1CCCC[C@@H]1N1C(=O)/C(=C/c2cn(Cc3ccccc3)c3ccccc23)SC1=Nc1ccccc1. The van der Waals surface area contributed by atoms with Crippen LogP contribution < -0.4 is 0 Å². The number of carbonyl (C=O) groups is 1. The van der Waals surface area contributed by atoms with Gasteiger partial charge in [0.1, 0.15) is 0 Å². The lowest BCUT2D eigenvalue weighted by Crippen LogP contribution is -2.44. The first-order valence-electron chi connectivity index (χ1n) is 13.2. The smallest absolute Gasteiger partial charge is 0.267 e. The maximum Gasteiger partial charge on any atom is 0.267 e. The monoisotopic (exact) mass is 505 g/mol. The second kappa shape index (κ2) is 10.4. The fourth-order valence-electron chi connectivity index (χ4n) is 5.59. The lowest BCUT2D eigenvalue weighted by atomic mass is 9.85. The molecule has 0 unspecified atom stereocenters. The van der Waals surface area contributed by atoms with Crippen molar-refractivity contribution in [3.8, 4) is 0 Å². The van der Waals surface area contributed by atoms with E-state index in [0.29, 0.717) is 5.92 Å². The minimum Gasteiger partial charge on any atom is -0.342 e. The van der Waals surface area contributed by atoms with Gasteiger partial charge in [0, 0.05) is 35.2 Å². The van der Waals surface area contributed by atoms with Crippen molar-refractivity contribution in [2.24, 2.45) is 10.9 Å². The second-order valence-corrected chi connectivity index (χ2v) is 11.1. The minimum absolute atomic E-state index is 0.0818. The third-order valence-corrected chi connectivity index (χ3v) is 8.50. The molecule has 2 aliphatic rings. The molecule has 4 aromatic rings. The normalized spacial score (nSPS) is 22.4. The number of hydrogen-bond donors (Lipinski definition) is 0. The molecule has 4 nitrogen and oxygen atoms in total. The van der Waals surface area contributed by atoms with Gasteiger partial charge in [-0.25, -0.2) is 4.99 Å². The van der Waals surface area contributed by atoms with Crippen LogP contribution in [0.5, 0.6) is 0 Å². The summed E-state index contributed by atoms with van der Waals surface area (Å²) in [6.45, 7) is 3.07. The standard InChI is InChI=1S/C32H31N3OS/c1-23-12-8-10-18-28(23)35-31(36)30(37-32(35)33-26-15-6-3-7-16-26)20-25-22-34(21-24-13-4-2-5-14-24)29-19-11-9-17-27(25)29/h2-7,9,11,13-17,19-20,22-23,28H,8,10,12,18,21H2,1H3/b30-20-,33-32?/t23-,28+/m1/s1. The van der Waals surface area contributed by atoms with Crippen LogP contribution in [0, 0.1) is 5.92 Å². The summed E-state index contributed by atoms with van der Waals surface area (Å²) < 4.78 is 2.28. The number of hydrogen-bond acceptors (Lipinski definition) is 3. The second-order valence-electron chi connectivity index (χ2n) is 10.1. The largest absolute Gasteiger partial charge is 0.342 e. The molecular weight excluding hydrogens is 474 g/mol. The van der Waals surface area contributed by atoms with E-state index in [2.05, 4.69) is 72.3 Å². The van der Waals surface area contributed by atoms with Crippen LogP contribution in [0.15, 0.2) is 101 Å². The highest BCUT2D eigenvalue weighted by atomic mass is 32.2.